The van der Waals surface area contributed by atoms with Gasteiger partial charge in [-0.1, -0.05) is 22.5 Å². The summed E-state index contributed by atoms with van der Waals surface area (Å²) >= 11 is 3.27. The van der Waals surface area contributed by atoms with Gasteiger partial charge in [-0.3, -0.25) is 4.99 Å². The Morgan fingerprint density at radius 2 is 2.50 bits per heavy atom. The Labute approximate surface area is 58.6 Å². The Kier molecular flexibility index (Phi) is 4.97. The first-order chi connectivity index (χ1) is 3.85. The summed E-state index contributed by atoms with van der Waals surface area (Å²) in [6.45, 7) is 6.44. The minimum absolute atomic E-state index is 0.810. The Balaban J connectivity index is 3.66. The highest BCUT2D eigenvalue weighted by Gasteiger charge is 1.83. The van der Waals surface area contributed by atoms with Crippen molar-refractivity contribution in [2.75, 3.05) is 11.9 Å². The molecule has 0 aliphatic rings. The van der Waals surface area contributed by atoms with Crippen LogP contribution in [0.5, 0.6) is 0 Å². The molecule has 0 amide bonds. The molecule has 0 aliphatic heterocycles. The summed E-state index contributed by atoms with van der Waals surface area (Å²) in [7, 11) is 0. The van der Waals surface area contributed by atoms with E-state index in [9.17, 15) is 0 Å². The van der Waals surface area contributed by atoms with Gasteiger partial charge in [0.2, 0.25) is 0 Å². The Morgan fingerprint density at radius 1 is 1.88 bits per heavy atom. The maximum atomic E-state index is 4.11. The molecule has 0 radical (unpaired) electrons. The molecule has 0 aromatic carbocycles. The molecule has 0 atom stereocenters. The molecule has 1 nitrogen and oxygen atoms in total. The molecule has 0 aromatic rings. The van der Waals surface area contributed by atoms with Crippen LogP contribution in [-0.2, 0) is 0 Å². The molecule has 0 saturated carbocycles. The van der Waals surface area contributed by atoms with Gasteiger partial charge in [-0.05, 0) is 13.0 Å². The molecule has 0 saturated heterocycles. The molecule has 0 heterocycles. The van der Waals surface area contributed by atoms with E-state index in [0.717, 1.165) is 17.6 Å². The second kappa shape index (κ2) is 5.04. The smallest absolute Gasteiger partial charge is 0.0451 e. The molecular weight excluding hydrogens is 166 g/mol. The first-order valence-corrected chi connectivity index (χ1v) is 3.69. The van der Waals surface area contributed by atoms with Gasteiger partial charge in [0.1, 0.15) is 0 Å². The standard InChI is InChI=1S/C6H10BrN/c1-3-6(5-7)8-4-2/h3H,1,4-5H2,2H3. The molecular formula is C6H10BrN. The van der Waals surface area contributed by atoms with Crippen molar-refractivity contribution in [1.82, 2.24) is 0 Å². The third-order valence-corrected chi connectivity index (χ3v) is 1.31. The van der Waals surface area contributed by atoms with Crippen LogP contribution < -0.4 is 0 Å². The van der Waals surface area contributed by atoms with Gasteiger partial charge in [-0.2, -0.15) is 0 Å². The van der Waals surface area contributed by atoms with Gasteiger partial charge in [0, 0.05) is 17.6 Å². The van der Waals surface area contributed by atoms with Gasteiger partial charge in [-0.15, -0.1) is 0 Å². The van der Waals surface area contributed by atoms with E-state index in [2.05, 4.69) is 27.5 Å². The van der Waals surface area contributed by atoms with Crippen molar-refractivity contribution in [3.63, 3.8) is 0 Å². The van der Waals surface area contributed by atoms with E-state index in [1.807, 2.05) is 6.92 Å². The predicted molar refractivity (Wildman–Crippen MR) is 42.0 cm³/mol. The summed E-state index contributed by atoms with van der Waals surface area (Å²) in [5.74, 6) is 0. The van der Waals surface area contributed by atoms with Crippen LogP contribution >= 0.6 is 15.9 Å². The fraction of sp³-hybridized carbons (Fsp3) is 0.500. The molecule has 0 aromatic heterocycles. The zero-order valence-corrected chi connectivity index (χ0v) is 6.61. The third kappa shape index (κ3) is 2.97. The molecule has 8 heavy (non-hydrogen) atoms. The molecule has 0 rings (SSSR count). The summed E-state index contributed by atoms with van der Waals surface area (Å²) in [6.07, 6.45) is 1.76. The quantitative estimate of drug-likeness (QED) is 0.460. The minimum atomic E-state index is 0.810. The molecule has 2 heteroatoms. The topological polar surface area (TPSA) is 12.4 Å². The molecule has 0 spiro atoms. The van der Waals surface area contributed by atoms with Gasteiger partial charge >= 0.3 is 0 Å². The molecule has 0 bridgehead atoms. The number of hydrogen-bond acceptors (Lipinski definition) is 1. The zero-order chi connectivity index (χ0) is 6.41. The average molecular weight is 176 g/mol. The van der Waals surface area contributed by atoms with Crippen molar-refractivity contribution in [1.29, 1.82) is 0 Å². The van der Waals surface area contributed by atoms with Crippen LogP contribution in [0.25, 0.3) is 0 Å². The Hall–Kier alpha value is -0.110. The maximum absolute atomic E-state index is 4.11. The van der Waals surface area contributed by atoms with Crippen molar-refractivity contribution in [2.45, 2.75) is 6.92 Å². The lowest BCUT2D eigenvalue weighted by Gasteiger charge is -1.89. The van der Waals surface area contributed by atoms with E-state index in [0.29, 0.717) is 0 Å². The molecule has 46 valence electrons. The second-order valence-electron chi connectivity index (χ2n) is 1.30. The van der Waals surface area contributed by atoms with Crippen LogP contribution in [0, 0.1) is 0 Å². The van der Waals surface area contributed by atoms with Gasteiger partial charge < -0.3 is 0 Å². The van der Waals surface area contributed by atoms with Gasteiger partial charge in [0.25, 0.3) is 0 Å². The lowest BCUT2D eigenvalue weighted by atomic mass is 10.4. The number of rotatable bonds is 3. The van der Waals surface area contributed by atoms with Gasteiger partial charge in [0.05, 0.1) is 0 Å². The average Bonchev–Trinajstić information content (AvgIpc) is 1.83. The van der Waals surface area contributed by atoms with E-state index < -0.39 is 0 Å². The number of halogens is 1. The van der Waals surface area contributed by atoms with Crippen molar-refractivity contribution >= 4 is 21.6 Å². The number of aliphatic imine (C=N–C) groups is 1. The lowest BCUT2D eigenvalue weighted by molar-refractivity contribution is 1.13. The highest BCUT2D eigenvalue weighted by molar-refractivity contribution is 9.09. The summed E-state index contributed by atoms with van der Waals surface area (Å²) < 4.78 is 0. The Morgan fingerprint density at radius 3 is 2.62 bits per heavy atom. The number of alkyl halides is 1. The van der Waals surface area contributed by atoms with Gasteiger partial charge in [0.15, 0.2) is 0 Å². The Bertz CT molecular complexity index is 96.7. The van der Waals surface area contributed by atoms with Crippen molar-refractivity contribution in [3.05, 3.63) is 12.7 Å². The van der Waals surface area contributed by atoms with E-state index in [-0.39, 0.29) is 0 Å². The maximum Gasteiger partial charge on any atom is 0.0451 e. The first-order valence-electron chi connectivity index (χ1n) is 2.56. The van der Waals surface area contributed by atoms with E-state index in [1.165, 1.54) is 0 Å². The molecule has 0 fully saturated rings. The largest absolute Gasteiger partial charge is 0.289 e. The first kappa shape index (κ1) is 7.89. The van der Waals surface area contributed by atoms with E-state index in [4.69, 9.17) is 0 Å². The molecule has 0 aliphatic carbocycles. The summed E-state index contributed by atoms with van der Waals surface area (Å²) in [5, 5.41) is 0.810. The SMILES string of the molecule is C=CC(CBr)=NCC. The lowest BCUT2D eigenvalue weighted by Crippen LogP contribution is -1.93. The highest BCUT2D eigenvalue weighted by atomic mass is 79.9. The van der Waals surface area contributed by atoms with Crippen LogP contribution in [-0.4, -0.2) is 17.6 Å². The summed E-state index contributed by atoms with van der Waals surface area (Å²) in [4.78, 5) is 4.11. The van der Waals surface area contributed by atoms with Crippen LogP contribution in [0.15, 0.2) is 17.6 Å². The number of allylic oxidation sites excluding steroid dienone is 1. The van der Waals surface area contributed by atoms with Crippen LogP contribution in [0.4, 0.5) is 0 Å². The molecule has 0 unspecified atom stereocenters. The van der Waals surface area contributed by atoms with Crippen LogP contribution in [0.1, 0.15) is 6.92 Å². The zero-order valence-electron chi connectivity index (χ0n) is 5.02. The number of nitrogens with zero attached hydrogens (tertiary/aromatic N) is 1. The fourth-order valence-corrected chi connectivity index (χ4v) is 0.771. The highest BCUT2D eigenvalue weighted by Crippen LogP contribution is 1.86. The van der Waals surface area contributed by atoms with E-state index in [1.54, 1.807) is 6.08 Å². The van der Waals surface area contributed by atoms with Crippen LogP contribution in [0.2, 0.25) is 0 Å². The predicted octanol–water partition coefficient (Wildman–Crippen LogP) is 2.03. The van der Waals surface area contributed by atoms with Crippen molar-refractivity contribution in [3.8, 4) is 0 Å². The van der Waals surface area contributed by atoms with E-state index >= 15 is 0 Å². The number of hydrogen-bond donors (Lipinski definition) is 0. The molecule has 0 N–H and O–H groups in total. The minimum Gasteiger partial charge on any atom is -0.289 e. The summed E-state index contributed by atoms with van der Waals surface area (Å²) in [5.41, 5.74) is 1.02. The van der Waals surface area contributed by atoms with Gasteiger partial charge in [-0.25, -0.2) is 0 Å². The van der Waals surface area contributed by atoms with Crippen molar-refractivity contribution in [2.24, 2.45) is 4.99 Å². The second-order valence-corrected chi connectivity index (χ2v) is 1.86. The van der Waals surface area contributed by atoms with Crippen LogP contribution in [0.3, 0.4) is 0 Å². The monoisotopic (exact) mass is 175 g/mol. The van der Waals surface area contributed by atoms with Crippen molar-refractivity contribution < 1.29 is 0 Å². The fourth-order valence-electron chi connectivity index (χ4n) is 0.364. The third-order valence-electron chi connectivity index (χ3n) is 0.734. The summed E-state index contributed by atoms with van der Waals surface area (Å²) in [6, 6.07) is 0. The normalized spacial score (nSPS) is 11.5.